The van der Waals surface area contributed by atoms with Crippen molar-refractivity contribution in [2.24, 2.45) is 0 Å². The summed E-state index contributed by atoms with van der Waals surface area (Å²) < 4.78 is 11.5. The van der Waals surface area contributed by atoms with Gasteiger partial charge in [-0.15, -0.1) is 0 Å². The molecule has 1 N–H and O–H groups in total. The Balaban J connectivity index is 1.55. The molecule has 1 saturated carbocycles. The van der Waals surface area contributed by atoms with E-state index in [0.29, 0.717) is 12.6 Å². The average Bonchev–Trinajstić information content (AvgIpc) is 2.66. The maximum Gasteiger partial charge on any atom is 0.161 e. The van der Waals surface area contributed by atoms with Gasteiger partial charge in [0.1, 0.15) is 6.61 Å². The van der Waals surface area contributed by atoms with Crippen LogP contribution in [0.25, 0.3) is 0 Å². The van der Waals surface area contributed by atoms with Crippen molar-refractivity contribution in [3.05, 3.63) is 59.7 Å². The third-order valence-corrected chi connectivity index (χ3v) is 5.17. The maximum atomic E-state index is 5.95. The number of hydrogen-bond donors (Lipinski definition) is 1. The molecule has 0 atom stereocenters. The Morgan fingerprint density at radius 3 is 2.31 bits per heavy atom. The number of ether oxygens (including phenoxy) is 2. The van der Waals surface area contributed by atoms with Gasteiger partial charge in [-0.25, -0.2) is 0 Å². The SMILES string of the molecule is COc1cc(CNC2CCCCCCC2)ccc1OCc1ccccc1. The highest BCUT2D eigenvalue weighted by Gasteiger charge is 2.12. The Kier molecular flexibility index (Phi) is 7.38. The quantitative estimate of drug-likeness (QED) is 0.715. The minimum atomic E-state index is 0.552. The van der Waals surface area contributed by atoms with Gasteiger partial charge in [0.05, 0.1) is 7.11 Å². The molecule has 0 amide bonds. The molecule has 0 saturated heterocycles. The Morgan fingerprint density at radius 2 is 1.58 bits per heavy atom. The second kappa shape index (κ2) is 10.2. The van der Waals surface area contributed by atoms with Crippen LogP contribution < -0.4 is 14.8 Å². The molecule has 3 rings (SSSR count). The molecule has 140 valence electrons. The number of benzene rings is 2. The lowest BCUT2D eigenvalue weighted by Gasteiger charge is -2.21. The standard InChI is InChI=1S/C23H31NO2/c1-25-23-16-20(17-24-21-12-8-3-2-4-9-13-21)14-15-22(23)26-18-19-10-6-5-7-11-19/h5-7,10-11,14-16,21,24H,2-4,8-9,12-13,17-18H2,1H3. The van der Waals surface area contributed by atoms with Crippen molar-refractivity contribution in [3.8, 4) is 11.5 Å². The maximum absolute atomic E-state index is 5.95. The van der Waals surface area contributed by atoms with Gasteiger partial charge in [-0.3, -0.25) is 0 Å². The molecule has 0 aromatic heterocycles. The van der Waals surface area contributed by atoms with E-state index in [1.807, 2.05) is 24.3 Å². The summed E-state index contributed by atoms with van der Waals surface area (Å²) in [6, 6.07) is 17.1. The molecule has 0 aliphatic heterocycles. The summed E-state index contributed by atoms with van der Waals surface area (Å²) in [5.41, 5.74) is 2.40. The second-order valence-electron chi connectivity index (χ2n) is 7.18. The Morgan fingerprint density at radius 1 is 0.846 bits per heavy atom. The lowest BCUT2D eigenvalue weighted by Crippen LogP contribution is -2.29. The molecule has 1 aliphatic carbocycles. The van der Waals surface area contributed by atoms with E-state index < -0.39 is 0 Å². The zero-order valence-electron chi connectivity index (χ0n) is 15.9. The molecular formula is C23H31NO2. The number of hydrogen-bond acceptors (Lipinski definition) is 3. The summed E-state index contributed by atoms with van der Waals surface area (Å²) >= 11 is 0. The Bertz CT molecular complexity index is 649. The predicted molar refractivity (Wildman–Crippen MR) is 107 cm³/mol. The van der Waals surface area contributed by atoms with Crippen LogP contribution in [0, 0.1) is 0 Å². The smallest absolute Gasteiger partial charge is 0.161 e. The first kappa shape index (κ1) is 18.8. The predicted octanol–water partition coefficient (Wildman–Crippen LogP) is 5.48. The van der Waals surface area contributed by atoms with Crippen molar-refractivity contribution in [1.82, 2.24) is 5.32 Å². The molecule has 3 heteroatoms. The van der Waals surface area contributed by atoms with Gasteiger partial charge >= 0.3 is 0 Å². The number of methoxy groups -OCH3 is 1. The van der Waals surface area contributed by atoms with E-state index in [9.17, 15) is 0 Å². The summed E-state index contributed by atoms with van der Waals surface area (Å²) in [7, 11) is 1.71. The van der Waals surface area contributed by atoms with Crippen LogP contribution in [0.3, 0.4) is 0 Å². The van der Waals surface area contributed by atoms with E-state index >= 15 is 0 Å². The summed E-state index contributed by atoms with van der Waals surface area (Å²) in [6.07, 6.45) is 9.50. The molecule has 3 nitrogen and oxygen atoms in total. The summed E-state index contributed by atoms with van der Waals surface area (Å²) in [5, 5.41) is 3.74. The van der Waals surface area contributed by atoms with Crippen LogP contribution in [0.2, 0.25) is 0 Å². The molecule has 2 aromatic carbocycles. The highest BCUT2D eigenvalue weighted by Crippen LogP contribution is 2.29. The first-order valence-electron chi connectivity index (χ1n) is 9.92. The lowest BCUT2D eigenvalue weighted by atomic mass is 9.96. The first-order valence-corrected chi connectivity index (χ1v) is 9.92. The number of nitrogens with one attached hydrogen (secondary N) is 1. The molecule has 0 spiro atoms. The van der Waals surface area contributed by atoms with E-state index in [0.717, 1.165) is 23.6 Å². The van der Waals surface area contributed by atoms with Gasteiger partial charge in [0.15, 0.2) is 11.5 Å². The lowest BCUT2D eigenvalue weighted by molar-refractivity contribution is 0.284. The normalized spacial score (nSPS) is 15.9. The number of rotatable bonds is 7. The van der Waals surface area contributed by atoms with Gasteiger partial charge < -0.3 is 14.8 Å². The zero-order valence-corrected chi connectivity index (χ0v) is 15.9. The largest absolute Gasteiger partial charge is 0.493 e. The zero-order chi connectivity index (χ0) is 18.0. The minimum absolute atomic E-state index is 0.552. The topological polar surface area (TPSA) is 30.5 Å². The Hall–Kier alpha value is -2.00. The van der Waals surface area contributed by atoms with Gasteiger partial charge in [0, 0.05) is 12.6 Å². The van der Waals surface area contributed by atoms with Gasteiger partial charge in [0.2, 0.25) is 0 Å². The monoisotopic (exact) mass is 353 g/mol. The fourth-order valence-corrected chi connectivity index (χ4v) is 3.60. The molecule has 0 bridgehead atoms. The van der Waals surface area contributed by atoms with Crippen LogP contribution in [0.5, 0.6) is 11.5 Å². The highest BCUT2D eigenvalue weighted by molar-refractivity contribution is 5.43. The van der Waals surface area contributed by atoms with Gasteiger partial charge in [0.25, 0.3) is 0 Å². The minimum Gasteiger partial charge on any atom is -0.493 e. The van der Waals surface area contributed by atoms with Crippen molar-refractivity contribution in [1.29, 1.82) is 0 Å². The van der Waals surface area contributed by atoms with Gasteiger partial charge in [-0.05, 0) is 36.1 Å². The molecule has 1 fully saturated rings. The highest BCUT2D eigenvalue weighted by atomic mass is 16.5. The van der Waals surface area contributed by atoms with E-state index in [1.54, 1.807) is 7.11 Å². The molecule has 0 heterocycles. The molecule has 0 unspecified atom stereocenters. The van der Waals surface area contributed by atoms with Gasteiger partial charge in [-0.1, -0.05) is 68.5 Å². The molecule has 2 aromatic rings. The summed E-state index contributed by atoms with van der Waals surface area (Å²) in [6.45, 7) is 1.44. The molecule has 26 heavy (non-hydrogen) atoms. The molecule has 0 radical (unpaired) electrons. The fourth-order valence-electron chi connectivity index (χ4n) is 3.60. The first-order chi connectivity index (χ1) is 12.8. The van der Waals surface area contributed by atoms with Crippen molar-refractivity contribution in [2.45, 2.75) is 64.1 Å². The fraction of sp³-hybridized carbons (Fsp3) is 0.478. The second-order valence-corrected chi connectivity index (χ2v) is 7.18. The molecule has 1 aliphatic rings. The van der Waals surface area contributed by atoms with Crippen LogP contribution in [-0.4, -0.2) is 13.2 Å². The van der Waals surface area contributed by atoms with E-state index in [-0.39, 0.29) is 0 Å². The van der Waals surface area contributed by atoms with Crippen LogP contribution in [0.4, 0.5) is 0 Å². The van der Waals surface area contributed by atoms with E-state index in [1.165, 1.54) is 50.5 Å². The Labute approximate surface area is 157 Å². The third-order valence-electron chi connectivity index (χ3n) is 5.17. The van der Waals surface area contributed by atoms with Crippen molar-refractivity contribution in [2.75, 3.05) is 7.11 Å². The van der Waals surface area contributed by atoms with Gasteiger partial charge in [-0.2, -0.15) is 0 Å². The summed E-state index contributed by atoms with van der Waals surface area (Å²) in [5.74, 6) is 1.60. The summed E-state index contributed by atoms with van der Waals surface area (Å²) in [4.78, 5) is 0. The average molecular weight is 354 g/mol. The van der Waals surface area contributed by atoms with Crippen LogP contribution in [-0.2, 0) is 13.2 Å². The van der Waals surface area contributed by atoms with Crippen molar-refractivity contribution < 1.29 is 9.47 Å². The van der Waals surface area contributed by atoms with Crippen molar-refractivity contribution in [3.63, 3.8) is 0 Å². The van der Waals surface area contributed by atoms with Crippen LogP contribution >= 0.6 is 0 Å². The van der Waals surface area contributed by atoms with Crippen LogP contribution in [0.1, 0.15) is 56.1 Å². The van der Waals surface area contributed by atoms with Crippen molar-refractivity contribution >= 4 is 0 Å². The third kappa shape index (κ3) is 5.77. The van der Waals surface area contributed by atoms with E-state index in [4.69, 9.17) is 9.47 Å². The molecular weight excluding hydrogens is 322 g/mol. The van der Waals surface area contributed by atoms with Crippen LogP contribution in [0.15, 0.2) is 48.5 Å². The van der Waals surface area contributed by atoms with E-state index in [2.05, 4.69) is 29.6 Å².